The third-order valence-corrected chi connectivity index (χ3v) is 3.71. The average molecular weight is 293 g/mol. The normalized spacial score (nSPS) is 13.7. The van der Waals surface area contributed by atoms with Crippen molar-refractivity contribution in [2.45, 2.75) is 6.10 Å². The third kappa shape index (κ3) is 4.34. The molecule has 0 aliphatic carbocycles. The van der Waals surface area contributed by atoms with Crippen molar-refractivity contribution < 1.29 is 17.9 Å². The standard InChI is InChI=1S/C14H15NO4S/c16-14(13-6-8-19-11-13)10-15-20(17,18)9-7-12-4-2-1-3-5-12/h1-9,11,14-16H,10H2. The van der Waals surface area contributed by atoms with Crippen LogP contribution in [-0.4, -0.2) is 20.1 Å². The Morgan fingerprint density at radius 3 is 2.65 bits per heavy atom. The monoisotopic (exact) mass is 293 g/mol. The highest BCUT2D eigenvalue weighted by Gasteiger charge is 2.12. The van der Waals surface area contributed by atoms with Gasteiger partial charge >= 0.3 is 0 Å². The highest BCUT2D eigenvalue weighted by atomic mass is 32.2. The van der Waals surface area contributed by atoms with Crippen molar-refractivity contribution in [3.63, 3.8) is 0 Å². The lowest BCUT2D eigenvalue weighted by atomic mass is 10.2. The Morgan fingerprint density at radius 2 is 2.00 bits per heavy atom. The molecular weight excluding hydrogens is 278 g/mol. The van der Waals surface area contributed by atoms with Gasteiger partial charge in [-0.15, -0.1) is 0 Å². The lowest BCUT2D eigenvalue weighted by Gasteiger charge is -2.08. The molecule has 1 atom stereocenters. The van der Waals surface area contributed by atoms with Crippen molar-refractivity contribution in [3.8, 4) is 0 Å². The van der Waals surface area contributed by atoms with Crippen molar-refractivity contribution in [1.82, 2.24) is 4.72 Å². The van der Waals surface area contributed by atoms with Gasteiger partial charge < -0.3 is 9.52 Å². The Balaban J connectivity index is 1.93. The molecule has 0 amide bonds. The molecule has 1 aromatic heterocycles. The summed E-state index contributed by atoms with van der Waals surface area (Å²) >= 11 is 0. The van der Waals surface area contributed by atoms with Crippen molar-refractivity contribution in [1.29, 1.82) is 0 Å². The number of sulfonamides is 1. The van der Waals surface area contributed by atoms with Crippen molar-refractivity contribution in [3.05, 3.63) is 65.5 Å². The van der Waals surface area contributed by atoms with E-state index in [1.165, 1.54) is 18.6 Å². The summed E-state index contributed by atoms with van der Waals surface area (Å²) in [5, 5.41) is 10.8. The summed E-state index contributed by atoms with van der Waals surface area (Å²) in [5.41, 5.74) is 1.31. The molecular formula is C14H15NO4S. The van der Waals surface area contributed by atoms with Crippen LogP contribution in [0.15, 0.2) is 58.7 Å². The predicted molar refractivity (Wildman–Crippen MR) is 76.1 cm³/mol. The van der Waals surface area contributed by atoms with E-state index in [2.05, 4.69) is 4.72 Å². The quantitative estimate of drug-likeness (QED) is 0.852. The summed E-state index contributed by atoms with van der Waals surface area (Å²) in [6.07, 6.45) is 3.35. The lowest BCUT2D eigenvalue weighted by Crippen LogP contribution is -2.26. The highest BCUT2D eigenvalue weighted by molar-refractivity contribution is 7.92. The molecule has 1 unspecified atom stereocenters. The minimum atomic E-state index is -3.59. The minimum Gasteiger partial charge on any atom is -0.472 e. The zero-order valence-electron chi connectivity index (χ0n) is 10.6. The van der Waals surface area contributed by atoms with Crippen LogP contribution in [0.5, 0.6) is 0 Å². The molecule has 2 aromatic rings. The number of nitrogens with one attached hydrogen (secondary N) is 1. The van der Waals surface area contributed by atoms with Crippen LogP contribution in [-0.2, 0) is 10.0 Å². The van der Waals surface area contributed by atoms with E-state index in [1.807, 2.05) is 18.2 Å². The summed E-state index contributed by atoms with van der Waals surface area (Å²) < 4.78 is 30.6. The van der Waals surface area contributed by atoms with Gasteiger partial charge in [-0.1, -0.05) is 30.3 Å². The molecule has 5 nitrogen and oxygen atoms in total. The van der Waals surface area contributed by atoms with Gasteiger partial charge in [0, 0.05) is 17.5 Å². The fraction of sp³-hybridized carbons (Fsp3) is 0.143. The average Bonchev–Trinajstić information content (AvgIpc) is 2.98. The number of aliphatic hydroxyl groups excluding tert-OH is 1. The van der Waals surface area contributed by atoms with E-state index in [0.717, 1.165) is 11.0 Å². The van der Waals surface area contributed by atoms with Gasteiger partial charge in [0.25, 0.3) is 0 Å². The molecule has 0 aliphatic rings. The maximum absolute atomic E-state index is 11.7. The van der Waals surface area contributed by atoms with E-state index >= 15 is 0 Å². The number of benzene rings is 1. The lowest BCUT2D eigenvalue weighted by molar-refractivity contribution is 0.181. The third-order valence-electron chi connectivity index (χ3n) is 2.65. The van der Waals surface area contributed by atoms with Gasteiger partial charge in [-0.2, -0.15) is 0 Å². The van der Waals surface area contributed by atoms with Crippen LogP contribution >= 0.6 is 0 Å². The number of rotatable bonds is 6. The Labute approximate surface area is 117 Å². The second kappa shape index (κ2) is 6.51. The van der Waals surface area contributed by atoms with E-state index in [9.17, 15) is 13.5 Å². The van der Waals surface area contributed by atoms with Crippen molar-refractivity contribution in [2.75, 3.05) is 6.54 Å². The van der Waals surface area contributed by atoms with Crippen molar-refractivity contribution in [2.24, 2.45) is 0 Å². The van der Waals surface area contributed by atoms with Crippen molar-refractivity contribution >= 4 is 16.1 Å². The Morgan fingerprint density at radius 1 is 1.25 bits per heavy atom. The van der Waals surface area contributed by atoms with Gasteiger partial charge in [-0.25, -0.2) is 13.1 Å². The number of aliphatic hydroxyl groups is 1. The first-order valence-corrected chi connectivity index (χ1v) is 7.54. The summed E-state index contributed by atoms with van der Waals surface area (Å²) in [4.78, 5) is 0. The molecule has 106 valence electrons. The van der Waals surface area contributed by atoms with Gasteiger partial charge in [0.1, 0.15) is 0 Å². The Kier molecular flexibility index (Phi) is 4.73. The molecule has 0 bridgehead atoms. The molecule has 20 heavy (non-hydrogen) atoms. The van der Waals surface area contributed by atoms with Gasteiger partial charge in [0.2, 0.25) is 10.0 Å². The molecule has 1 aromatic carbocycles. The largest absolute Gasteiger partial charge is 0.472 e. The summed E-state index contributed by atoms with van der Waals surface area (Å²) in [6, 6.07) is 10.7. The summed E-state index contributed by atoms with van der Waals surface area (Å²) in [7, 11) is -3.59. The minimum absolute atomic E-state index is 0.110. The fourth-order valence-electron chi connectivity index (χ4n) is 1.56. The smallest absolute Gasteiger partial charge is 0.233 e. The molecule has 2 N–H and O–H groups in total. The molecule has 0 saturated carbocycles. The Hall–Kier alpha value is -1.89. The van der Waals surface area contributed by atoms with E-state index in [-0.39, 0.29) is 6.54 Å². The topological polar surface area (TPSA) is 79.5 Å². The number of furan rings is 1. The van der Waals surface area contributed by atoms with Gasteiger partial charge in [0.15, 0.2) is 0 Å². The van der Waals surface area contributed by atoms with E-state index in [4.69, 9.17) is 4.42 Å². The molecule has 0 spiro atoms. The zero-order valence-corrected chi connectivity index (χ0v) is 11.5. The second-order valence-electron chi connectivity index (χ2n) is 4.18. The molecule has 0 fully saturated rings. The van der Waals surface area contributed by atoms with Gasteiger partial charge in [-0.05, 0) is 17.7 Å². The zero-order chi connectivity index (χ0) is 14.4. The SMILES string of the molecule is O=S(=O)(C=Cc1ccccc1)NCC(O)c1ccoc1. The van der Waals surface area contributed by atoms with Crippen LogP contribution in [0.4, 0.5) is 0 Å². The van der Waals surface area contributed by atoms with Crippen LogP contribution in [0.25, 0.3) is 6.08 Å². The fourth-order valence-corrected chi connectivity index (χ4v) is 2.38. The first kappa shape index (κ1) is 14.5. The maximum atomic E-state index is 11.7. The number of hydrogen-bond acceptors (Lipinski definition) is 4. The molecule has 1 heterocycles. The molecule has 6 heteroatoms. The van der Waals surface area contributed by atoms with E-state index < -0.39 is 16.1 Å². The first-order chi connectivity index (χ1) is 9.57. The van der Waals surface area contributed by atoms with Gasteiger partial charge in [-0.3, -0.25) is 0 Å². The summed E-state index contributed by atoms with van der Waals surface area (Å²) in [6.45, 7) is -0.110. The summed E-state index contributed by atoms with van der Waals surface area (Å²) in [5.74, 6) is 0. The highest BCUT2D eigenvalue weighted by Crippen LogP contribution is 2.12. The Bertz CT molecular complexity index is 648. The van der Waals surface area contributed by atoms with E-state index in [1.54, 1.807) is 18.2 Å². The maximum Gasteiger partial charge on any atom is 0.233 e. The molecule has 0 aliphatic heterocycles. The molecule has 0 saturated heterocycles. The van der Waals surface area contributed by atoms with E-state index in [0.29, 0.717) is 5.56 Å². The first-order valence-electron chi connectivity index (χ1n) is 6.00. The predicted octanol–water partition coefficient (Wildman–Crippen LogP) is 1.90. The van der Waals surface area contributed by atoms with Gasteiger partial charge in [0.05, 0.1) is 18.6 Å². The van der Waals surface area contributed by atoms with Crippen LogP contribution in [0.2, 0.25) is 0 Å². The second-order valence-corrected chi connectivity index (χ2v) is 5.83. The van der Waals surface area contributed by atoms with Crippen LogP contribution in [0, 0.1) is 0 Å². The van der Waals surface area contributed by atoms with Crippen LogP contribution in [0.1, 0.15) is 17.2 Å². The molecule has 2 rings (SSSR count). The van der Waals surface area contributed by atoms with Crippen LogP contribution < -0.4 is 4.72 Å². The van der Waals surface area contributed by atoms with Crippen LogP contribution in [0.3, 0.4) is 0 Å². The number of hydrogen-bond donors (Lipinski definition) is 2. The molecule has 0 radical (unpaired) electrons.